The molecule has 0 bridgehead atoms. The fourth-order valence-electron chi connectivity index (χ4n) is 5.34. The van der Waals surface area contributed by atoms with Crippen LogP contribution in [0.15, 0.2) is 12.2 Å². The van der Waals surface area contributed by atoms with E-state index in [2.05, 4.69) is 37.2 Å². The highest BCUT2D eigenvalue weighted by Crippen LogP contribution is 2.15. The molecule has 0 rings (SSSR count). The summed E-state index contributed by atoms with van der Waals surface area (Å²) >= 11 is 0. The van der Waals surface area contributed by atoms with Gasteiger partial charge in [-0.15, -0.1) is 0 Å². The highest BCUT2D eigenvalue weighted by atomic mass is 32.3. The van der Waals surface area contributed by atoms with Gasteiger partial charge in [0.2, 0.25) is 5.91 Å². The Balaban J connectivity index is 4.23. The monoisotopic (exact) mass is 647 g/mol. The van der Waals surface area contributed by atoms with Crippen LogP contribution in [0.2, 0.25) is 0 Å². The summed E-state index contributed by atoms with van der Waals surface area (Å²) in [5.41, 5.74) is 0. The minimum absolute atomic E-state index is 0.289. The van der Waals surface area contributed by atoms with Crippen molar-refractivity contribution in [2.24, 2.45) is 11.8 Å². The minimum Gasteiger partial charge on any atom is -0.387 e. The second-order valence-electron chi connectivity index (χ2n) is 13.6. The third-order valence-electron chi connectivity index (χ3n) is 8.18. The molecule has 44 heavy (non-hydrogen) atoms. The lowest BCUT2D eigenvalue weighted by molar-refractivity contribution is -0.131. The Morgan fingerprint density at radius 1 is 0.659 bits per heavy atom. The van der Waals surface area contributed by atoms with Crippen molar-refractivity contribution in [2.75, 3.05) is 6.61 Å². The summed E-state index contributed by atoms with van der Waals surface area (Å²) in [5.74, 6) is 0.887. The molecule has 0 radical (unpaired) electrons. The lowest BCUT2D eigenvalue weighted by Gasteiger charge is -2.23. The van der Waals surface area contributed by atoms with Crippen molar-refractivity contribution in [2.45, 2.75) is 187 Å². The van der Waals surface area contributed by atoms with Crippen molar-refractivity contribution < 1.29 is 32.2 Å². The lowest BCUT2D eigenvalue weighted by Crippen LogP contribution is -2.49. The predicted molar refractivity (Wildman–Crippen MR) is 182 cm³/mol. The second kappa shape index (κ2) is 28.2. The number of unbranched alkanes of at least 4 members (excludes halogenated alkanes) is 17. The Labute approximate surface area is 271 Å². The van der Waals surface area contributed by atoms with Gasteiger partial charge in [0.05, 0.1) is 18.8 Å². The van der Waals surface area contributed by atoms with Gasteiger partial charge in [-0.25, -0.2) is 4.18 Å². The molecule has 0 saturated carbocycles. The van der Waals surface area contributed by atoms with Gasteiger partial charge < -0.3 is 15.5 Å². The summed E-state index contributed by atoms with van der Waals surface area (Å²) in [7, 11) is -4.74. The zero-order chi connectivity index (χ0) is 33.1. The lowest BCUT2D eigenvalue weighted by atomic mass is 10.0. The average Bonchev–Trinajstić information content (AvgIpc) is 2.95. The summed E-state index contributed by atoms with van der Waals surface area (Å²) in [6.07, 6.45) is 25.8. The van der Waals surface area contributed by atoms with Crippen LogP contribution in [0.4, 0.5) is 0 Å². The fourth-order valence-corrected chi connectivity index (χ4v) is 5.66. The van der Waals surface area contributed by atoms with Gasteiger partial charge in [0, 0.05) is 0 Å². The molecular formula is C35H69NO7S. The van der Waals surface area contributed by atoms with E-state index in [1.807, 2.05) is 6.08 Å². The SMILES string of the molecule is CC(C)CCCCCCCCCCC/C=C/[C@@H](O)[C@H](COS(=O)(=O)O)NC(=O)[C@H](O)CCCCCCCCCCCC(C)C. The Bertz CT molecular complexity index is 801. The van der Waals surface area contributed by atoms with Gasteiger partial charge in [0.1, 0.15) is 6.10 Å². The van der Waals surface area contributed by atoms with Gasteiger partial charge in [0.15, 0.2) is 0 Å². The first-order valence-electron chi connectivity index (χ1n) is 17.9. The number of carbonyl (C=O) groups excluding carboxylic acids is 1. The van der Waals surface area contributed by atoms with Crippen LogP contribution in [0.25, 0.3) is 0 Å². The molecule has 8 nitrogen and oxygen atoms in total. The highest BCUT2D eigenvalue weighted by molar-refractivity contribution is 7.80. The van der Waals surface area contributed by atoms with Crippen LogP contribution in [0, 0.1) is 11.8 Å². The standard InChI is InChI=1S/C35H69NO7S/c1-30(2)25-21-17-13-9-6-5-7-11-15-19-23-27-33(37)32(29-43-44(40,41)42)36-35(39)34(38)28-24-20-16-12-8-10-14-18-22-26-31(3)4/h23,27,30-34,37-38H,5-22,24-26,28-29H2,1-4H3,(H,36,39)(H,40,41,42)/b27-23+/t32-,33+,34+/m0/s1. The molecule has 4 N–H and O–H groups in total. The summed E-state index contributed by atoms with van der Waals surface area (Å²) in [4.78, 5) is 12.6. The number of allylic oxidation sites excluding steroid dienone is 1. The maximum atomic E-state index is 12.6. The van der Waals surface area contributed by atoms with Crippen molar-refractivity contribution in [3.8, 4) is 0 Å². The van der Waals surface area contributed by atoms with E-state index in [-0.39, 0.29) is 6.42 Å². The summed E-state index contributed by atoms with van der Waals surface area (Å²) in [5, 5.41) is 23.4. The highest BCUT2D eigenvalue weighted by Gasteiger charge is 2.25. The first kappa shape index (κ1) is 43.0. The van der Waals surface area contributed by atoms with E-state index in [1.165, 1.54) is 96.0 Å². The second-order valence-corrected chi connectivity index (χ2v) is 14.7. The third-order valence-corrected chi connectivity index (χ3v) is 8.62. The topological polar surface area (TPSA) is 133 Å². The van der Waals surface area contributed by atoms with E-state index < -0.39 is 41.2 Å². The van der Waals surface area contributed by atoms with Gasteiger partial charge in [-0.2, -0.15) is 8.42 Å². The van der Waals surface area contributed by atoms with E-state index in [1.54, 1.807) is 0 Å². The smallest absolute Gasteiger partial charge is 0.387 e. The Hall–Kier alpha value is -1.00. The van der Waals surface area contributed by atoms with Crippen LogP contribution in [-0.2, 0) is 19.4 Å². The Morgan fingerprint density at radius 3 is 1.45 bits per heavy atom. The van der Waals surface area contributed by atoms with Crippen LogP contribution in [0.5, 0.6) is 0 Å². The molecule has 1 amide bonds. The normalized spacial score (nSPS) is 14.5. The molecule has 9 heteroatoms. The molecule has 0 heterocycles. The van der Waals surface area contributed by atoms with Crippen LogP contribution >= 0.6 is 0 Å². The molecule has 3 atom stereocenters. The number of aliphatic hydroxyl groups is 2. The number of rotatable bonds is 31. The molecule has 0 fully saturated rings. The van der Waals surface area contributed by atoms with Crippen LogP contribution < -0.4 is 5.32 Å². The molecule has 0 spiro atoms. The van der Waals surface area contributed by atoms with Crippen molar-refractivity contribution in [1.29, 1.82) is 0 Å². The van der Waals surface area contributed by atoms with Crippen molar-refractivity contribution >= 4 is 16.3 Å². The van der Waals surface area contributed by atoms with Gasteiger partial charge >= 0.3 is 10.4 Å². The third kappa shape index (κ3) is 29.7. The molecule has 0 aliphatic carbocycles. The summed E-state index contributed by atoms with van der Waals surface area (Å²) in [6.45, 7) is 8.44. The quantitative estimate of drug-likeness (QED) is 0.0337. The first-order chi connectivity index (χ1) is 20.9. The first-order valence-corrected chi connectivity index (χ1v) is 19.2. The molecule has 0 aromatic heterocycles. The van der Waals surface area contributed by atoms with Crippen molar-refractivity contribution in [1.82, 2.24) is 5.32 Å². The Kier molecular flexibility index (Phi) is 27.6. The van der Waals surface area contributed by atoms with Crippen LogP contribution in [-0.4, -0.2) is 53.9 Å². The number of hydrogen-bond donors (Lipinski definition) is 4. The zero-order valence-electron chi connectivity index (χ0n) is 28.7. The molecule has 262 valence electrons. The zero-order valence-corrected chi connectivity index (χ0v) is 29.5. The van der Waals surface area contributed by atoms with Crippen LogP contribution in [0.3, 0.4) is 0 Å². The number of hydrogen-bond acceptors (Lipinski definition) is 6. The largest absolute Gasteiger partial charge is 0.397 e. The molecule has 0 aromatic rings. The summed E-state index contributed by atoms with van der Waals surface area (Å²) in [6, 6.07) is -1.13. The number of aliphatic hydroxyl groups excluding tert-OH is 2. The van der Waals surface area contributed by atoms with E-state index in [4.69, 9.17) is 4.55 Å². The molecule has 0 saturated heterocycles. The van der Waals surface area contributed by atoms with E-state index in [0.29, 0.717) is 6.42 Å². The number of amides is 1. The van der Waals surface area contributed by atoms with Crippen molar-refractivity contribution in [3.63, 3.8) is 0 Å². The fraction of sp³-hybridized carbons (Fsp3) is 0.914. The van der Waals surface area contributed by atoms with E-state index in [0.717, 1.165) is 50.4 Å². The maximum absolute atomic E-state index is 12.6. The maximum Gasteiger partial charge on any atom is 0.397 e. The molecule has 0 aliphatic rings. The average molecular weight is 648 g/mol. The van der Waals surface area contributed by atoms with Gasteiger partial charge in [0.25, 0.3) is 0 Å². The van der Waals surface area contributed by atoms with Crippen molar-refractivity contribution in [3.05, 3.63) is 12.2 Å². The molecule has 0 unspecified atom stereocenters. The Morgan fingerprint density at radius 2 is 1.05 bits per heavy atom. The van der Waals surface area contributed by atoms with E-state index >= 15 is 0 Å². The minimum atomic E-state index is -4.74. The molecule has 0 aliphatic heterocycles. The van der Waals surface area contributed by atoms with Gasteiger partial charge in [-0.05, 0) is 31.1 Å². The number of nitrogens with one attached hydrogen (secondary N) is 1. The van der Waals surface area contributed by atoms with Gasteiger partial charge in [-0.3, -0.25) is 9.35 Å². The summed E-state index contributed by atoms with van der Waals surface area (Å²) < 4.78 is 35.6. The van der Waals surface area contributed by atoms with Gasteiger partial charge in [-0.1, -0.05) is 162 Å². The van der Waals surface area contributed by atoms with E-state index in [9.17, 15) is 23.4 Å². The number of carbonyl (C=O) groups is 1. The molecule has 0 aromatic carbocycles. The molecular weight excluding hydrogens is 578 g/mol. The van der Waals surface area contributed by atoms with Crippen LogP contribution in [0.1, 0.15) is 169 Å². The predicted octanol–water partition coefficient (Wildman–Crippen LogP) is 8.46.